The van der Waals surface area contributed by atoms with E-state index in [0.717, 1.165) is 18.4 Å². The van der Waals surface area contributed by atoms with Crippen LogP contribution in [0.25, 0.3) is 11.0 Å². The van der Waals surface area contributed by atoms with Gasteiger partial charge in [-0.1, -0.05) is 0 Å². The molecule has 96 valence electrons. The molecule has 1 aliphatic carbocycles. The Bertz CT molecular complexity index is 607. The van der Waals surface area contributed by atoms with Gasteiger partial charge in [-0.15, -0.1) is 0 Å². The van der Waals surface area contributed by atoms with Gasteiger partial charge in [-0.2, -0.15) is 0 Å². The van der Waals surface area contributed by atoms with Crippen LogP contribution in [0.15, 0.2) is 16.6 Å². The van der Waals surface area contributed by atoms with Crippen molar-refractivity contribution >= 4 is 32.9 Å². The number of aromatic nitrogens is 2. The molecule has 6 heteroatoms. The summed E-state index contributed by atoms with van der Waals surface area (Å²) in [5.74, 6) is 0.133. The van der Waals surface area contributed by atoms with Crippen LogP contribution in [0.5, 0.6) is 0 Å². The van der Waals surface area contributed by atoms with Crippen LogP contribution in [0.2, 0.25) is 0 Å². The van der Waals surface area contributed by atoms with Gasteiger partial charge in [0.05, 0.1) is 21.6 Å². The molecule has 1 fully saturated rings. The van der Waals surface area contributed by atoms with Crippen molar-refractivity contribution in [2.24, 2.45) is 0 Å². The topological polar surface area (TPSA) is 53.1 Å². The molecule has 1 heterocycles. The van der Waals surface area contributed by atoms with Gasteiger partial charge in [-0.05, 0) is 34.8 Å². The first-order chi connectivity index (χ1) is 8.60. The molecule has 18 heavy (non-hydrogen) atoms. The van der Waals surface area contributed by atoms with Crippen molar-refractivity contribution in [2.45, 2.75) is 25.0 Å². The van der Waals surface area contributed by atoms with E-state index in [9.17, 15) is 4.39 Å². The van der Waals surface area contributed by atoms with Gasteiger partial charge in [0, 0.05) is 19.2 Å². The molecule has 1 saturated carbocycles. The van der Waals surface area contributed by atoms with Crippen molar-refractivity contribution in [3.63, 3.8) is 0 Å². The van der Waals surface area contributed by atoms with E-state index in [1.165, 1.54) is 6.07 Å². The minimum Gasteiger partial charge on any atom is -0.381 e. The lowest BCUT2D eigenvalue weighted by Gasteiger charge is -2.35. The highest BCUT2D eigenvalue weighted by atomic mass is 79.9. The van der Waals surface area contributed by atoms with Gasteiger partial charge >= 0.3 is 0 Å². The van der Waals surface area contributed by atoms with Gasteiger partial charge in [0.2, 0.25) is 5.95 Å². The van der Waals surface area contributed by atoms with Gasteiger partial charge in [-0.3, -0.25) is 0 Å². The number of nitrogen functional groups attached to an aromatic ring is 1. The number of benzene rings is 1. The second kappa shape index (κ2) is 4.20. The molecular weight excluding hydrogens is 301 g/mol. The summed E-state index contributed by atoms with van der Waals surface area (Å²) in [6, 6.07) is 3.38. The molecule has 0 saturated heterocycles. The number of halogens is 2. The van der Waals surface area contributed by atoms with Gasteiger partial charge in [0.25, 0.3) is 0 Å². The number of anilines is 1. The molecule has 2 N–H and O–H groups in total. The van der Waals surface area contributed by atoms with E-state index in [1.54, 1.807) is 13.2 Å². The maximum absolute atomic E-state index is 13.6. The Hall–Kier alpha value is -1.14. The number of nitrogens with zero attached hydrogens (tertiary/aromatic N) is 2. The third-order valence-electron chi connectivity index (χ3n) is 3.53. The number of ether oxygens (including phenoxy) is 1. The molecule has 2 aromatic rings. The van der Waals surface area contributed by atoms with Crippen molar-refractivity contribution < 1.29 is 9.13 Å². The Morgan fingerprint density at radius 3 is 2.89 bits per heavy atom. The first-order valence-electron chi connectivity index (χ1n) is 5.75. The fourth-order valence-electron chi connectivity index (χ4n) is 2.43. The predicted molar refractivity (Wildman–Crippen MR) is 70.9 cm³/mol. The molecule has 0 aliphatic heterocycles. The zero-order chi connectivity index (χ0) is 12.9. The average Bonchev–Trinajstić information content (AvgIpc) is 2.55. The van der Waals surface area contributed by atoms with E-state index >= 15 is 0 Å². The SMILES string of the molecule is COC1CC(n2c(N)nc3cc(Br)c(F)cc32)C1. The van der Waals surface area contributed by atoms with Crippen molar-refractivity contribution in [3.8, 4) is 0 Å². The van der Waals surface area contributed by atoms with E-state index in [2.05, 4.69) is 20.9 Å². The van der Waals surface area contributed by atoms with Crippen LogP contribution < -0.4 is 5.73 Å². The number of hydrogen-bond acceptors (Lipinski definition) is 3. The van der Waals surface area contributed by atoms with Crippen LogP contribution in [0.1, 0.15) is 18.9 Å². The normalized spacial score (nSPS) is 23.3. The van der Waals surface area contributed by atoms with Crippen LogP contribution in [0.3, 0.4) is 0 Å². The highest BCUT2D eigenvalue weighted by Crippen LogP contribution is 2.38. The molecule has 0 amide bonds. The van der Waals surface area contributed by atoms with E-state index in [-0.39, 0.29) is 18.0 Å². The third kappa shape index (κ3) is 1.71. The zero-order valence-electron chi connectivity index (χ0n) is 9.86. The lowest BCUT2D eigenvalue weighted by atomic mass is 9.89. The van der Waals surface area contributed by atoms with Crippen molar-refractivity contribution in [1.82, 2.24) is 9.55 Å². The molecule has 4 nitrogen and oxygen atoms in total. The summed E-state index contributed by atoms with van der Waals surface area (Å²) in [6.45, 7) is 0. The fourth-order valence-corrected chi connectivity index (χ4v) is 2.77. The number of rotatable bonds is 2. The summed E-state index contributed by atoms with van der Waals surface area (Å²) in [7, 11) is 1.70. The number of imidazole rings is 1. The smallest absolute Gasteiger partial charge is 0.201 e. The fraction of sp³-hybridized carbons (Fsp3) is 0.417. The average molecular weight is 314 g/mol. The van der Waals surface area contributed by atoms with E-state index in [0.29, 0.717) is 15.9 Å². The summed E-state index contributed by atoms with van der Waals surface area (Å²) in [5.41, 5.74) is 7.38. The summed E-state index contributed by atoms with van der Waals surface area (Å²) in [5, 5.41) is 0. The van der Waals surface area contributed by atoms with Gasteiger partial charge in [-0.25, -0.2) is 9.37 Å². The number of methoxy groups -OCH3 is 1. The Labute approximate surface area is 112 Å². The van der Waals surface area contributed by atoms with E-state index in [1.807, 2.05) is 4.57 Å². The first-order valence-corrected chi connectivity index (χ1v) is 6.54. The minimum atomic E-state index is -0.300. The molecule has 1 aliphatic rings. The molecule has 0 bridgehead atoms. The Kier molecular flexibility index (Phi) is 2.79. The summed E-state index contributed by atoms with van der Waals surface area (Å²) >= 11 is 3.15. The second-order valence-electron chi connectivity index (χ2n) is 4.58. The highest BCUT2D eigenvalue weighted by Gasteiger charge is 2.32. The standard InChI is InChI=1S/C12H13BrFN3O/c1-18-7-2-6(3-7)17-11-5-9(14)8(13)4-10(11)16-12(17)15/h4-7H,2-3H2,1H3,(H2,15,16). The maximum atomic E-state index is 13.6. The number of hydrogen-bond donors (Lipinski definition) is 1. The minimum absolute atomic E-state index is 0.250. The van der Waals surface area contributed by atoms with Crippen LogP contribution >= 0.6 is 15.9 Å². The molecule has 1 aromatic heterocycles. The summed E-state index contributed by atoms with van der Waals surface area (Å²) in [4.78, 5) is 4.27. The molecule has 0 atom stereocenters. The van der Waals surface area contributed by atoms with Crippen LogP contribution in [0.4, 0.5) is 10.3 Å². The lowest BCUT2D eigenvalue weighted by molar-refractivity contribution is 0.00797. The monoisotopic (exact) mass is 313 g/mol. The summed E-state index contributed by atoms with van der Waals surface area (Å²) in [6.07, 6.45) is 2.06. The van der Waals surface area contributed by atoms with Crippen molar-refractivity contribution in [1.29, 1.82) is 0 Å². The molecule has 0 unspecified atom stereocenters. The Balaban J connectivity index is 2.06. The molecule has 0 radical (unpaired) electrons. The van der Waals surface area contributed by atoms with Gasteiger partial charge < -0.3 is 15.0 Å². The van der Waals surface area contributed by atoms with E-state index in [4.69, 9.17) is 10.5 Å². The molecule has 3 rings (SSSR count). The molecule has 0 spiro atoms. The van der Waals surface area contributed by atoms with Crippen LogP contribution in [-0.4, -0.2) is 22.8 Å². The number of fused-ring (bicyclic) bond motifs is 1. The van der Waals surface area contributed by atoms with Gasteiger partial charge in [0.1, 0.15) is 5.82 Å². The predicted octanol–water partition coefficient (Wildman–Crippen LogP) is 2.87. The quantitative estimate of drug-likeness (QED) is 0.927. The third-order valence-corrected chi connectivity index (χ3v) is 4.13. The highest BCUT2D eigenvalue weighted by molar-refractivity contribution is 9.10. The largest absolute Gasteiger partial charge is 0.381 e. The van der Waals surface area contributed by atoms with E-state index < -0.39 is 0 Å². The Morgan fingerprint density at radius 1 is 1.50 bits per heavy atom. The Morgan fingerprint density at radius 2 is 2.22 bits per heavy atom. The lowest BCUT2D eigenvalue weighted by Crippen LogP contribution is -2.33. The van der Waals surface area contributed by atoms with Crippen molar-refractivity contribution in [3.05, 3.63) is 22.4 Å². The maximum Gasteiger partial charge on any atom is 0.201 e. The van der Waals surface area contributed by atoms with Crippen molar-refractivity contribution in [2.75, 3.05) is 12.8 Å². The summed E-state index contributed by atoms with van der Waals surface area (Å²) < 4.78 is 21.2. The molecule has 1 aromatic carbocycles. The second-order valence-corrected chi connectivity index (χ2v) is 5.43. The van der Waals surface area contributed by atoms with Crippen LogP contribution in [-0.2, 0) is 4.74 Å². The zero-order valence-corrected chi connectivity index (χ0v) is 11.4. The first kappa shape index (κ1) is 11.9. The molecular formula is C12H13BrFN3O. The van der Waals surface area contributed by atoms with Crippen LogP contribution in [0, 0.1) is 5.82 Å². The number of nitrogens with two attached hydrogens (primary N) is 1. The van der Waals surface area contributed by atoms with Gasteiger partial charge in [0.15, 0.2) is 0 Å².